The van der Waals surface area contributed by atoms with Crippen molar-refractivity contribution in [3.63, 3.8) is 0 Å². The molecule has 0 spiro atoms. The van der Waals surface area contributed by atoms with E-state index in [0.29, 0.717) is 24.2 Å². The van der Waals surface area contributed by atoms with Crippen LogP contribution in [0.2, 0.25) is 5.02 Å². The van der Waals surface area contributed by atoms with E-state index in [1.165, 1.54) is 5.56 Å². The maximum atomic E-state index is 12.5. The summed E-state index contributed by atoms with van der Waals surface area (Å²) in [6.45, 7) is 2.55. The predicted molar refractivity (Wildman–Crippen MR) is 118 cm³/mol. The lowest BCUT2D eigenvalue weighted by atomic mass is 9.96. The lowest BCUT2D eigenvalue weighted by Crippen LogP contribution is -2.58. The number of nitrogens with two attached hydrogens (primary N) is 1. The fourth-order valence-corrected chi connectivity index (χ4v) is 4.72. The lowest BCUT2D eigenvalue weighted by molar-refractivity contribution is -0.117. The van der Waals surface area contributed by atoms with Crippen molar-refractivity contribution in [3.8, 4) is 0 Å². The average Bonchev–Trinajstić information content (AvgIpc) is 3.22. The number of hydrazine groups is 1. The summed E-state index contributed by atoms with van der Waals surface area (Å²) in [4.78, 5) is 9.05. The second-order valence-corrected chi connectivity index (χ2v) is 8.89. The molecule has 178 valence electrons. The quantitative estimate of drug-likeness (QED) is 0.553. The third-order valence-corrected chi connectivity index (χ3v) is 6.42. The molecule has 0 amide bonds. The van der Waals surface area contributed by atoms with Crippen LogP contribution in [0.15, 0.2) is 29.3 Å². The van der Waals surface area contributed by atoms with E-state index in [9.17, 15) is 8.78 Å². The molecule has 1 aromatic carbocycles. The van der Waals surface area contributed by atoms with Crippen LogP contribution in [-0.4, -0.2) is 86.1 Å². The summed E-state index contributed by atoms with van der Waals surface area (Å²) in [6, 6.07) is 8.46. The van der Waals surface area contributed by atoms with Gasteiger partial charge in [-0.25, -0.2) is 13.8 Å². The Morgan fingerprint density at radius 2 is 2.00 bits per heavy atom. The Hall–Kier alpha value is -1.56. The van der Waals surface area contributed by atoms with E-state index < -0.39 is 19.3 Å². The van der Waals surface area contributed by atoms with Crippen LogP contribution in [0.3, 0.4) is 0 Å². The molecule has 2 fully saturated rings. The van der Waals surface area contributed by atoms with Crippen molar-refractivity contribution < 1.29 is 18.3 Å². The molecule has 3 aliphatic rings. The van der Waals surface area contributed by atoms with Gasteiger partial charge >= 0.3 is 0 Å². The Morgan fingerprint density at radius 1 is 1.25 bits per heavy atom. The monoisotopic (exact) mass is 472 g/mol. The average molecular weight is 473 g/mol. The second kappa shape index (κ2) is 11.0. The molecule has 3 atom stereocenters. The van der Waals surface area contributed by atoms with Gasteiger partial charge in [0.25, 0.3) is 6.43 Å². The Kier molecular flexibility index (Phi) is 8.14. The van der Waals surface area contributed by atoms with Crippen LogP contribution in [0.4, 0.5) is 8.78 Å². The Bertz CT molecular complexity index is 763. The minimum absolute atomic E-state index is 0.178. The van der Waals surface area contributed by atoms with Crippen molar-refractivity contribution in [2.75, 3.05) is 39.5 Å². The molecule has 0 saturated carbocycles. The highest BCUT2D eigenvalue weighted by molar-refractivity contribution is 6.30. The molecule has 2 saturated heterocycles. The zero-order valence-electron chi connectivity index (χ0n) is 17.9. The van der Waals surface area contributed by atoms with E-state index in [0.717, 1.165) is 38.3 Å². The first-order valence-electron chi connectivity index (χ1n) is 11.1. The van der Waals surface area contributed by atoms with Crippen molar-refractivity contribution in [2.45, 2.75) is 50.2 Å². The number of alkyl halides is 2. The first-order chi connectivity index (χ1) is 15.5. The molecule has 32 heavy (non-hydrogen) atoms. The number of benzene rings is 1. The van der Waals surface area contributed by atoms with Crippen molar-refractivity contribution in [3.05, 3.63) is 34.9 Å². The Morgan fingerprint density at radius 3 is 2.66 bits per heavy atom. The fraction of sp³-hybridized carbons (Fsp3) is 0.667. The van der Waals surface area contributed by atoms with Crippen LogP contribution in [0.25, 0.3) is 0 Å². The van der Waals surface area contributed by atoms with Crippen LogP contribution in [0.5, 0.6) is 0 Å². The van der Waals surface area contributed by atoms with E-state index in [4.69, 9.17) is 26.8 Å². The van der Waals surface area contributed by atoms with Gasteiger partial charge in [-0.3, -0.25) is 16.1 Å². The normalized spacial score (nSPS) is 27.6. The zero-order chi connectivity index (χ0) is 22.5. The third-order valence-electron chi connectivity index (χ3n) is 6.17. The van der Waals surface area contributed by atoms with Crippen molar-refractivity contribution in [1.82, 2.24) is 20.7 Å². The van der Waals surface area contributed by atoms with E-state index in [2.05, 4.69) is 25.6 Å². The molecule has 4 N–H and O–H groups in total. The molecule has 2 unspecified atom stereocenters. The molecule has 11 heteroatoms. The molecule has 4 rings (SSSR count). The summed E-state index contributed by atoms with van der Waals surface area (Å²) in [7, 11) is 0. The Labute approximate surface area is 192 Å². The SMILES string of the molecule is NC1N=C(N2CCC(N3CC(COCC(F)F)OC[C@@H]3Cc3ccc(Cl)cc3)CC2)NN1. The smallest absolute Gasteiger partial charge is 0.261 e. The topological polar surface area (TPSA) is 87.4 Å². The summed E-state index contributed by atoms with van der Waals surface area (Å²) < 4.78 is 36.1. The molecule has 3 aliphatic heterocycles. The molecule has 1 aromatic rings. The first-order valence-corrected chi connectivity index (χ1v) is 11.4. The van der Waals surface area contributed by atoms with Crippen molar-refractivity contribution >= 4 is 17.6 Å². The number of ether oxygens (including phenoxy) is 2. The summed E-state index contributed by atoms with van der Waals surface area (Å²) in [5.74, 6) is 0.786. The van der Waals surface area contributed by atoms with Gasteiger partial charge in [0.15, 0.2) is 6.29 Å². The number of nitrogens with zero attached hydrogens (tertiary/aromatic N) is 3. The predicted octanol–water partition coefficient (Wildman–Crippen LogP) is 1.40. The highest BCUT2D eigenvalue weighted by Crippen LogP contribution is 2.26. The van der Waals surface area contributed by atoms with E-state index >= 15 is 0 Å². The number of piperidine rings is 1. The number of likely N-dealkylation sites (tertiary alicyclic amines) is 1. The number of halogens is 3. The maximum Gasteiger partial charge on any atom is 0.261 e. The molecule has 0 aromatic heterocycles. The minimum atomic E-state index is -2.47. The highest BCUT2D eigenvalue weighted by atomic mass is 35.5. The van der Waals surface area contributed by atoms with Gasteiger partial charge < -0.3 is 14.4 Å². The van der Waals surface area contributed by atoms with E-state index in [1.54, 1.807) is 0 Å². The number of morpholine rings is 1. The van der Waals surface area contributed by atoms with Crippen LogP contribution in [0, 0.1) is 0 Å². The number of rotatable bonds is 7. The van der Waals surface area contributed by atoms with Gasteiger partial charge in [-0.05, 0) is 37.0 Å². The summed E-state index contributed by atoms with van der Waals surface area (Å²) >= 11 is 6.04. The molecular weight excluding hydrogens is 442 g/mol. The van der Waals surface area contributed by atoms with Gasteiger partial charge in [0.05, 0.1) is 19.3 Å². The van der Waals surface area contributed by atoms with E-state index in [1.807, 2.05) is 24.3 Å². The van der Waals surface area contributed by atoms with Crippen LogP contribution in [-0.2, 0) is 15.9 Å². The van der Waals surface area contributed by atoms with Crippen molar-refractivity contribution in [2.24, 2.45) is 10.7 Å². The first kappa shape index (κ1) is 23.6. The number of guanidine groups is 1. The number of nitrogens with one attached hydrogen (secondary N) is 2. The second-order valence-electron chi connectivity index (χ2n) is 8.45. The fourth-order valence-electron chi connectivity index (χ4n) is 4.59. The van der Waals surface area contributed by atoms with Gasteiger partial charge in [0.1, 0.15) is 6.61 Å². The molecule has 0 aliphatic carbocycles. The molecule has 3 heterocycles. The maximum absolute atomic E-state index is 12.5. The van der Waals surface area contributed by atoms with Crippen LogP contribution < -0.4 is 16.6 Å². The summed E-state index contributed by atoms with van der Waals surface area (Å²) in [6.07, 6.45) is -0.313. The van der Waals surface area contributed by atoms with Gasteiger partial charge in [0, 0.05) is 36.7 Å². The summed E-state index contributed by atoms with van der Waals surface area (Å²) in [5, 5.41) is 0.715. The van der Waals surface area contributed by atoms with Crippen LogP contribution in [0.1, 0.15) is 18.4 Å². The minimum Gasteiger partial charge on any atom is -0.373 e. The largest absolute Gasteiger partial charge is 0.373 e. The molecule has 0 radical (unpaired) electrons. The van der Waals surface area contributed by atoms with Gasteiger partial charge in [0.2, 0.25) is 5.96 Å². The Balaban J connectivity index is 1.38. The molecule has 0 bridgehead atoms. The number of hydrogen-bond acceptors (Lipinski definition) is 8. The van der Waals surface area contributed by atoms with Gasteiger partial charge in [-0.15, -0.1) is 0 Å². The third kappa shape index (κ3) is 6.27. The van der Waals surface area contributed by atoms with Gasteiger partial charge in [-0.1, -0.05) is 23.7 Å². The van der Waals surface area contributed by atoms with Crippen molar-refractivity contribution in [1.29, 1.82) is 0 Å². The lowest BCUT2D eigenvalue weighted by Gasteiger charge is -2.47. The number of aliphatic imine (C=N–C) groups is 1. The van der Waals surface area contributed by atoms with Crippen LogP contribution >= 0.6 is 11.6 Å². The standard InChI is InChI=1S/C21H31ClF2N6O2/c22-15-3-1-14(2-4-15)9-17-11-32-18(12-31-13-19(23)24)10-30(17)16-5-7-29(8-6-16)21-26-20(25)27-28-21/h1-4,16-20,27H,5-13,25H2,(H,26,28)/t17-,18?,20?/m0/s1. The molecular formula is C21H31ClF2N6O2. The number of hydrogen-bond donors (Lipinski definition) is 3. The van der Waals surface area contributed by atoms with E-state index in [-0.39, 0.29) is 18.8 Å². The summed E-state index contributed by atoms with van der Waals surface area (Å²) in [5.41, 5.74) is 12.9. The zero-order valence-corrected chi connectivity index (χ0v) is 18.7. The van der Waals surface area contributed by atoms with Gasteiger partial charge in [-0.2, -0.15) is 5.43 Å². The molecule has 8 nitrogen and oxygen atoms in total. The highest BCUT2D eigenvalue weighted by Gasteiger charge is 2.36.